The van der Waals surface area contributed by atoms with Gasteiger partial charge in [0, 0.05) is 17.3 Å². The van der Waals surface area contributed by atoms with Crippen molar-refractivity contribution in [2.45, 2.75) is 136 Å². The van der Waals surface area contributed by atoms with E-state index in [4.69, 9.17) is 4.74 Å². The van der Waals surface area contributed by atoms with Crippen molar-refractivity contribution in [1.82, 2.24) is 0 Å². The maximum atomic E-state index is 14.5. The van der Waals surface area contributed by atoms with Crippen molar-refractivity contribution >= 4 is 11.6 Å². The van der Waals surface area contributed by atoms with E-state index < -0.39 is 11.5 Å². The zero-order valence-electron chi connectivity index (χ0n) is 29.5. The molecule has 254 valence electrons. The number of aliphatic hydroxyl groups excluding tert-OH is 1. The molecular weight excluding hydrogens is 584 g/mol. The molecule has 1 aliphatic heterocycles. The molecule has 2 bridgehead atoms. The van der Waals surface area contributed by atoms with Crippen LogP contribution >= 0.6 is 0 Å². The maximum absolute atomic E-state index is 14.5. The van der Waals surface area contributed by atoms with Gasteiger partial charge in [0.15, 0.2) is 5.78 Å². The van der Waals surface area contributed by atoms with Gasteiger partial charge >= 0.3 is 0 Å². The average molecular weight is 641 g/mol. The van der Waals surface area contributed by atoms with Crippen LogP contribution in [0, 0.1) is 51.2 Å². The molecule has 12 unspecified atom stereocenters. The summed E-state index contributed by atoms with van der Waals surface area (Å²) in [4.78, 5) is 28.7. The van der Waals surface area contributed by atoms with Gasteiger partial charge in [-0.3, -0.25) is 9.59 Å². The van der Waals surface area contributed by atoms with E-state index in [1.54, 1.807) is 6.07 Å². The fourth-order valence-corrected chi connectivity index (χ4v) is 13.7. The predicted octanol–water partition coefficient (Wildman–Crippen LogP) is 8.48. The van der Waals surface area contributed by atoms with Crippen LogP contribution in [0.5, 0.6) is 5.75 Å². The first-order chi connectivity index (χ1) is 22.2. The summed E-state index contributed by atoms with van der Waals surface area (Å²) in [5, 5.41) is 21.9. The van der Waals surface area contributed by atoms with Gasteiger partial charge in [0.2, 0.25) is 0 Å². The molecule has 0 spiro atoms. The molecule has 9 rings (SSSR count). The quantitative estimate of drug-likeness (QED) is 0.241. The van der Waals surface area contributed by atoms with Crippen LogP contribution in [0.2, 0.25) is 0 Å². The lowest BCUT2D eigenvalue weighted by Crippen LogP contribution is -2.66. The lowest BCUT2D eigenvalue weighted by molar-refractivity contribution is -0.196. The van der Waals surface area contributed by atoms with E-state index in [2.05, 4.69) is 53.7 Å². The van der Waals surface area contributed by atoms with E-state index in [0.717, 1.165) is 43.2 Å². The number of ketones is 2. The summed E-state index contributed by atoms with van der Waals surface area (Å²) in [6, 6.07) is 7.41. The van der Waals surface area contributed by atoms with E-state index in [0.29, 0.717) is 30.5 Å². The predicted molar refractivity (Wildman–Crippen MR) is 183 cm³/mol. The third-order valence-electron chi connectivity index (χ3n) is 16.3. The summed E-state index contributed by atoms with van der Waals surface area (Å²) in [5.74, 6) is 1.80. The first-order valence-electron chi connectivity index (χ1n) is 18.8. The van der Waals surface area contributed by atoms with E-state index in [1.165, 1.54) is 31.3 Å². The summed E-state index contributed by atoms with van der Waals surface area (Å²) in [6.07, 6.45) is 14.8. The number of aromatic hydroxyl groups is 1. The molecular formula is C42H56O5. The number of fused-ring (bicyclic) bond motifs is 5. The Morgan fingerprint density at radius 1 is 1.00 bits per heavy atom. The zero-order chi connectivity index (χ0) is 33.3. The van der Waals surface area contributed by atoms with Crippen molar-refractivity contribution in [2.24, 2.45) is 51.2 Å². The van der Waals surface area contributed by atoms with Gasteiger partial charge in [0.05, 0.1) is 17.6 Å². The normalized spacial score (nSPS) is 47.0. The van der Waals surface area contributed by atoms with E-state index in [-0.39, 0.29) is 63.2 Å². The molecule has 1 aromatic rings. The minimum atomic E-state index is -0.550. The molecule has 0 radical (unpaired) electrons. The van der Waals surface area contributed by atoms with Crippen molar-refractivity contribution in [2.75, 3.05) is 0 Å². The molecule has 2 N–H and O–H groups in total. The number of hydrogen-bond acceptors (Lipinski definition) is 5. The second-order valence-electron chi connectivity index (χ2n) is 18.2. The van der Waals surface area contributed by atoms with Crippen molar-refractivity contribution in [3.8, 4) is 5.75 Å². The van der Waals surface area contributed by atoms with Gasteiger partial charge in [0.1, 0.15) is 17.6 Å². The third-order valence-corrected chi connectivity index (χ3v) is 16.3. The van der Waals surface area contributed by atoms with E-state index in [9.17, 15) is 19.8 Å². The Labute approximate surface area is 281 Å². The van der Waals surface area contributed by atoms with Crippen LogP contribution in [0.15, 0.2) is 47.6 Å². The van der Waals surface area contributed by atoms with Crippen LogP contribution in [-0.4, -0.2) is 39.6 Å². The first-order valence-corrected chi connectivity index (χ1v) is 18.8. The average Bonchev–Trinajstić information content (AvgIpc) is 3.35. The highest BCUT2D eigenvalue weighted by molar-refractivity contribution is 6.00. The van der Waals surface area contributed by atoms with Gasteiger partial charge in [-0.05, 0) is 122 Å². The number of ether oxygens (including phenoxy) is 1. The molecule has 47 heavy (non-hydrogen) atoms. The lowest BCUT2D eigenvalue weighted by Gasteiger charge is -2.70. The fraction of sp³-hybridized carbons (Fsp3) is 0.714. The molecule has 5 fully saturated rings. The summed E-state index contributed by atoms with van der Waals surface area (Å²) >= 11 is 0. The third kappa shape index (κ3) is 4.14. The summed E-state index contributed by atoms with van der Waals surface area (Å²) < 4.78 is 6.22. The van der Waals surface area contributed by atoms with Crippen molar-refractivity contribution in [3.05, 3.63) is 53.1 Å². The molecule has 5 heteroatoms. The molecule has 1 aromatic carbocycles. The minimum Gasteiger partial charge on any atom is -0.508 e. The molecule has 12 atom stereocenters. The number of carbonyl (C=O) groups excluding carboxylic acids is 2. The number of epoxide rings is 1. The highest BCUT2D eigenvalue weighted by atomic mass is 16.6. The molecule has 7 aliphatic carbocycles. The zero-order valence-corrected chi connectivity index (χ0v) is 29.5. The van der Waals surface area contributed by atoms with Crippen LogP contribution < -0.4 is 0 Å². The monoisotopic (exact) mass is 640 g/mol. The number of carbonyl (C=O) groups is 2. The van der Waals surface area contributed by atoms with Crippen molar-refractivity contribution in [1.29, 1.82) is 0 Å². The molecule has 1 heterocycles. The van der Waals surface area contributed by atoms with Gasteiger partial charge in [-0.1, -0.05) is 77.3 Å². The molecule has 5 nitrogen and oxygen atoms in total. The Hall–Kier alpha value is -2.24. The number of allylic oxidation sites excluding steroid dienone is 4. The number of phenols is 1. The topological polar surface area (TPSA) is 87.1 Å². The van der Waals surface area contributed by atoms with E-state index >= 15 is 0 Å². The fourth-order valence-electron chi connectivity index (χ4n) is 13.7. The Balaban J connectivity index is 1.12. The van der Waals surface area contributed by atoms with Crippen LogP contribution in [0.4, 0.5) is 0 Å². The maximum Gasteiger partial charge on any atom is 0.159 e. The van der Waals surface area contributed by atoms with Gasteiger partial charge < -0.3 is 14.9 Å². The van der Waals surface area contributed by atoms with E-state index in [1.807, 2.05) is 18.2 Å². The Morgan fingerprint density at radius 3 is 2.47 bits per heavy atom. The van der Waals surface area contributed by atoms with Gasteiger partial charge in [-0.2, -0.15) is 0 Å². The standard InChI is InChI=1S/C42H56O5/c1-24(21-30(44)37-42(6,47-37)26-12-7-8-13-26)34-28-16-17-33-39(3,40(28,4)23-31(34)45)20-18-32-38(2)19-10-15-29(41(32,33)5)35(36(38)46)25-11-9-14-27(43)22-25/h9-11,14-15,22,24,26,29-30,32-33,35,37,43-44H,7-8,12-13,16-21,23H2,1-6H3. The SMILES string of the molecule is CC(CC(O)C1OC1(C)C1CCCC1)C1=C2CCC3C4(C)C5C=CCC(C)(C(=O)C5c5cccc(O)c5)C4CCC3(C)C2(C)CC1=O. The molecule has 0 amide bonds. The van der Waals surface area contributed by atoms with Crippen molar-refractivity contribution in [3.63, 3.8) is 0 Å². The Kier molecular flexibility index (Phi) is 7.07. The molecule has 4 saturated carbocycles. The molecule has 0 aromatic heterocycles. The molecule has 8 aliphatic rings. The smallest absolute Gasteiger partial charge is 0.159 e. The van der Waals surface area contributed by atoms with Crippen LogP contribution in [0.1, 0.15) is 124 Å². The number of Topliss-reactive ketones (excluding diaryl/α,β-unsaturated/α-hetero) is 2. The Morgan fingerprint density at radius 2 is 1.74 bits per heavy atom. The van der Waals surface area contributed by atoms with Crippen LogP contribution in [0.3, 0.4) is 0 Å². The number of hydrogen-bond donors (Lipinski definition) is 2. The summed E-state index contributed by atoms with van der Waals surface area (Å²) in [7, 11) is 0. The van der Waals surface area contributed by atoms with Crippen LogP contribution in [0.25, 0.3) is 0 Å². The number of phenolic OH excluding ortho intramolecular Hbond substituents is 1. The number of aliphatic hydroxyl groups is 1. The summed E-state index contributed by atoms with van der Waals surface area (Å²) in [6.45, 7) is 13.9. The Bertz CT molecular complexity index is 1570. The largest absolute Gasteiger partial charge is 0.508 e. The van der Waals surface area contributed by atoms with Crippen LogP contribution in [-0.2, 0) is 14.3 Å². The highest BCUT2D eigenvalue weighted by Gasteiger charge is 2.72. The first kappa shape index (κ1) is 32.0. The van der Waals surface area contributed by atoms with Crippen molar-refractivity contribution < 1.29 is 24.5 Å². The minimum absolute atomic E-state index is 0.00178. The van der Waals surface area contributed by atoms with Gasteiger partial charge in [0.25, 0.3) is 0 Å². The molecule has 1 saturated heterocycles. The lowest BCUT2D eigenvalue weighted by atomic mass is 9.33. The van der Waals surface area contributed by atoms with Gasteiger partial charge in [-0.15, -0.1) is 0 Å². The highest BCUT2D eigenvalue weighted by Crippen LogP contribution is 2.77. The number of benzene rings is 1. The second kappa shape index (κ2) is 10.4. The van der Waals surface area contributed by atoms with Gasteiger partial charge in [-0.25, -0.2) is 0 Å². The second-order valence-corrected chi connectivity index (χ2v) is 18.2. The summed E-state index contributed by atoms with van der Waals surface area (Å²) in [5.41, 5.74) is 2.21. The number of rotatable bonds is 6.